The molecule has 85 heavy (non-hydrogen) atoms. The Labute approximate surface area is 517 Å². The van der Waals surface area contributed by atoms with Crippen LogP contribution in [-0.4, -0.2) is 96.7 Å². The van der Waals surface area contributed by atoms with Crippen LogP contribution < -0.4 is 0 Å². The van der Waals surface area contributed by atoms with Crippen LogP contribution in [0.4, 0.5) is 0 Å². The Hall–Kier alpha value is -1.94. The molecular formula is C66H128O17P2. The summed E-state index contributed by atoms with van der Waals surface area (Å²) in [5.74, 6) is 0.783. The fraction of sp³-hybridized carbons (Fsp3) is 0.939. The Morgan fingerprint density at radius 2 is 0.565 bits per heavy atom. The number of aliphatic hydroxyl groups is 1. The number of ether oxygens (including phenoxy) is 4. The molecule has 0 aliphatic rings. The number of rotatable bonds is 63. The van der Waals surface area contributed by atoms with E-state index in [4.69, 9.17) is 37.0 Å². The van der Waals surface area contributed by atoms with Crippen molar-refractivity contribution in [2.24, 2.45) is 23.7 Å². The van der Waals surface area contributed by atoms with E-state index in [2.05, 4.69) is 55.4 Å². The van der Waals surface area contributed by atoms with Gasteiger partial charge in [0.25, 0.3) is 0 Å². The monoisotopic (exact) mass is 1250 g/mol. The third-order valence-electron chi connectivity index (χ3n) is 15.4. The molecule has 504 valence electrons. The first kappa shape index (κ1) is 83.1. The van der Waals surface area contributed by atoms with E-state index in [-0.39, 0.29) is 25.7 Å². The Morgan fingerprint density at radius 3 is 0.835 bits per heavy atom. The number of carbonyl (C=O) groups excluding carboxylic acids is 4. The lowest BCUT2D eigenvalue weighted by Crippen LogP contribution is -2.30. The summed E-state index contributed by atoms with van der Waals surface area (Å²) in [5, 5.41) is 10.5. The number of phosphoric acid groups is 2. The van der Waals surface area contributed by atoms with Crippen LogP contribution in [0.3, 0.4) is 0 Å². The molecule has 0 radical (unpaired) electrons. The van der Waals surface area contributed by atoms with Crippen molar-refractivity contribution in [1.82, 2.24) is 0 Å². The van der Waals surface area contributed by atoms with Crippen molar-refractivity contribution in [2.75, 3.05) is 39.6 Å². The van der Waals surface area contributed by atoms with E-state index >= 15 is 0 Å². The molecule has 17 nitrogen and oxygen atoms in total. The zero-order chi connectivity index (χ0) is 63.2. The molecule has 0 amide bonds. The van der Waals surface area contributed by atoms with Gasteiger partial charge in [-0.2, -0.15) is 0 Å². The van der Waals surface area contributed by atoms with Gasteiger partial charge in [-0.15, -0.1) is 0 Å². The lowest BCUT2D eigenvalue weighted by Gasteiger charge is -2.21. The second-order valence-corrected chi connectivity index (χ2v) is 28.4. The van der Waals surface area contributed by atoms with Gasteiger partial charge in [-0.1, -0.05) is 267 Å². The van der Waals surface area contributed by atoms with E-state index < -0.39 is 97.5 Å². The van der Waals surface area contributed by atoms with Gasteiger partial charge >= 0.3 is 39.5 Å². The third-order valence-corrected chi connectivity index (χ3v) is 17.3. The normalized spacial score (nSPS) is 14.7. The van der Waals surface area contributed by atoms with E-state index in [0.717, 1.165) is 108 Å². The van der Waals surface area contributed by atoms with Crippen LogP contribution in [-0.2, 0) is 65.4 Å². The summed E-state index contributed by atoms with van der Waals surface area (Å²) >= 11 is 0. The highest BCUT2D eigenvalue weighted by atomic mass is 31.2. The SMILES string of the molecule is CCC(C)CCCCCCCCCCCCC(=O)OC[C@H](COP(=O)(O)OCC(O)COP(=O)(O)OC[C@@H](COC(=O)CCCCCCCCCCC(C)C)OC(=O)CCCCCCCCCCC(C)C)OC(=O)CCCCCCCCC(C)C. The largest absolute Gasteiger partial charge is 0.472 e. The smallest absolute Gasteiger partial charge is 0.462 e. The quantitative estimate of drug-likeness (QED) is 0.0222. The zero-order valence-electron chi connectivity index (χ0n) is 55.2. The fourth-order valence-corrected chi connectivity index (χ4v) is 11.3. The number of esters is 4. The lowest BCUT2D eigenvalue weighted by molar-refractivity contribution is -0.161. The molecule has 0 rings (SSSR count). The van der Waals surface area contributed by atoms with Crippen molar-refractivity contribution in [2.45, 2.75) is 337 Å². The highest BCUT2D eigenvalue weighted by Crippen LogP contribution is 2.45. The van der Waals surface area contributed by atoms with Gasteiger partial charge in [-0.25, -0.2) is 9.13 Å². The van der Waals surface area contributed by atoms with Gasteiger partial charge in [-0.05, 0) is 49.4 Å². The van der Waals surface area contributed by atoms with Gasteiger partial charge in [0.1, 0.15) is 19.3 Å². The zero-order valence-corrected chi connectivity index (χ0v) is 57.0. The molecule has 4 unspecified atom stereocenters. The molecule has 0 aliphatic carbocycles. The standard InChI is InChI=1S/C66H128O17P2/c1-9-59(8)45-37-29-20-12-10-11-13-21-30-38-46-63(68)76-53-62(83-66(71)49-41-33-25-24-28-36-44-58(6)7)55-81-85(74,75)79-51-60(67)50-78-84(72,73)80-54-61(82-65(70)48-40-32-23-17-15-19-27-35-43-57(4)5)52-77-64(69)47-39-31-22-16-14-18-26-34-42-56(2)3/h56-62,67H,9-55H2,1-8H3,(H,72,73)(H,74,75)/t59?,60?,61-,62-/m1/s1. The molecule has 0 heterocycles. The maximum absolute atomic E-state index is 13.0. The van der Waals surface area contributed by atoms with Crippen molar-refractivity contribution in [3.8, 4) is 0 Å². The van der Waals surface area contributed by atoms with Crippen molar-refractivity contribution in [3.05, 3.63) is 0 Å². The van der Waals surface area contributed by atoms with Gasteiger partial charge in [0, 0.05) is 25.7 Å². The van der Waals surface area contributed by atoms with Crippen molar-refractivity contribution in [3.63, 3.8) is 0 Å². The van der Waals surface area contributed by atoms with Crippen LogP contribution in [0, 0.1) is 23.7 Å². The molecule has 0 saturated carbocycles. The predicted molar refractivity (Wildman–Crippen MR) is 340 cm³/mol. The molecule has 0 saturated heterocycles. The molecular weight excluding hydrogens is 1130 g/mol. The molecule has 0 bridgehead atoms. The molecule has 0 aromatic carbocycles. The van der Waals surface area contributed by atoms with E-state index in [9.17, 15) is 43.2 Å². The third kappa shape index (κ3) is 59.5. The summed E-state index contributed by atoms with van der Waals surface area (Å²) in [4.78, 5) is 72.3. The van der Waals surface area contributed by atoms with Gasteiger partial charge < -0.3 is 33.8 Å². The average Bonchev–Trinajstić information content (AvgIpc) is 3.47. The molecule has 6 atom stereocenters. The number of phosphoric ester groups is 2. The summed E-state index contributed by atoms with van der Waals surface area (Å²) in [6.07, 6.45) is 36.4. The van der Waals surface area contributed by atoms with Crippen LogP contribution in [0.5, 0.6) is 0 Å². The topological polar surface area (TPSA) is 237 Å². The lowest BCUT2D eigenvalue weighted by atomic mass is 9.99. The summed E-state index contributed by atoms with van der Waals surface area (Å²) in [7, 11) is -9.89. The Balaban J connectivity index is 5.23. The van der Waals surface area contributed by atoms with Crippen LogP contribution in [0.1, 0.15) is 319 Å². The fourth-order valence-electron chi connectivity index (χ4n) is 9.75. The average molecular weight is 1260 g/mol. The van der Waals surface area contributed by atoms with Crippen LogP contribution in [0.25, 0.3) is 0 Å². The number of hydrogen-bond donors (Lipinski definition) is 3. The molecule has 0 spiro atoms. The second kappa shape index (κ2) is 56.1. The minimum atomic E-state index is -4.95. The maximum atomic E-state index is 13.0. The Bertz CT molecular complexity index is 1700. The highest BCUT2D eigenvalue weighted by molar-refractivity contribution is 7.47. The Kier molecular flexibility index (Phi) is 54.8. The number of aliphatic hydroxyl groups excluding tert-OH is 1. The number of unbranched alkanes of at least 4 members (excludes halogenated alkanes) is 28. The predicted octanol–water partition coefficient (Wildman–Crippen LogP) is 18.1. The number of hydrogen-bond acceptors (Lipinski definition) is 15. The molecule has 19 heteroatoms. The van der Waals surface area contributed by atoms with Gasteiger partial charge in [0.2, 0.25) is 0 Å². The summed E-state index contributed by atoms with van der Waals surface area (Å²) in [6.45, 7) is 14.0. The second-order valence-electron chi connectivity index (χ2n) is 25.5. The first-order chi connectivity index (χ1) is 40.6. The summed E-state index contributed by atoms with van der Waals surface area (Å²) in [5.41, 5.74) is 0. The van der Waals surface area contributed by atoms with Crippen LogP contribution in [0.2, 0.25) is 0 Å². The minimum absolute atomic E-state index is 0.101. The first-order valence-corrected chi connectivity index (χ1v) is 37.2. The molecule has 0 aliphatic heterocycles. The van der Waals surface area contributed by atoms with Crippen molar-refractivity contribution >= 4 is 39.5 Å². The molecule has 0 aromatic rings. The first-order valence-electron chi connectivity index (χ1n) is 34.2. The van der Waals surface area contributed by atoms with Gasteiger partial charge in [-0.3, -0.25) is 37.3 Å². The van der Waals surface area contributed by atoms with E-state index in [0.29, 0.717) is 31.6 Å². The minimum Gasteiger partial charge on any atom is -0.462 e. The van der Waals surface area contributed by atoms with E-state index in [1.807, 2.05) is 0 Å². The maximum Gasteiger partial charge on any atom is 0.472 e. The highest BCUT2D eigenvalue weighted by Gasteiger charge is 2.30. The van der Waals surface area contributed by atoms with Crippen LogP contribution in [0.15, 0.2) is 0 Å². The molecule has 0 aromatic heterocycles. The van der Waals surface area contributed by atoms with Crippen molar-refractivity contribution < 1.29 is 80.2 Å². The van der Waals surface area contributed by atoms with Crippen molar-refractivity contribution in [1.29, 1.82) is 0 Å². The number of carbonyl (C=O) groups is 4. The molecule has 0 fully saturated rings. The van der Waals surface area contributed by atoms with E-state index in [1.54, 1.807) is 0 Å². The van der Waals surface area contributed by atoms with Crippen LogP contribution >= 0.6 is 15.6 Å². The van der Waals surface area contributed by atoms with E-state index in [1.165, 1.54) is 122 Å². The summed E-state index contributed by atoms with van der Waals surface area (Å²) in [6, 6.07) is 0. The van der Waals surface area contributed by atoms with Gasteiger partial charge in [0.05, 0.1) is 26.4 Å². The summed E-state index contributed by atoms with van der Waals surface area (Å²) < 4.78 is 68.0. The Morgan fingerprint density at radius 1 is 0.329 bits per heavy atom. The molecule has 3 N–H and O–H groups in total. The van der Waals surface area contributed by atoms with Gasteiger partial charge in [0.15, 0.2) is 12.2 Å².